The molecule has 0 saturated heterocycles. The minimum Gasteiger partial charge on any atom is -0.353 e. The standard InChI is InChI=1S/C29H24ClN3O2S/c1-18-10-6-9-15-24(18)33-28(35)26-19(2)32-29(36-17-25(34)20-11-4-3-5-12-20)22(16-31)27(26)21-13-7-8-14-23(21)30/h3-15,27,32H,17H2,1-2H3,(H,33,35)/t27-/m0/s1. The molecule has 0 spiro atoms. The zero-order valence-corrected chi connectivity index (χ0v) is 21.4. The number of hydrogen-bond acceptors (Lipinski definition) is 5. The number of dihydropyridines is 1. The van der Waals surface area contributed by atoms with Gasteiger partial charge in [-0.25, -0.2) is 0 Å². The Morgan fingerprint density at radius 2 is 1.67 bits per heavy atom. The largest absolute Gasteiger partial charge is 0.353 e. The summed E-state index contributed by atoms with van der Waals surface area (Å²) in [5.74, 6) is -0.920. The number of Topliss-reactive ketones (excluding diaryl/α,β-unsaturated/α-hetero) is 1. The molecule has 1 aliphatic rings. The summed E-state index contributed by atoms with van der Waals surface area (Å²) in [4.78, 5) is 26.3. The average molecular weight is 514 g/mol. The molecule has 7 heteroatoms. The van der Waals surface area contributed by atoms with Crippen molar-refractivity contribution in [2.45, 2.75) is 19.8 Å². The Morgan fingerprint density at radius 1 is 1.00 bits per heavy atom. The lowest BCUT2D eigenvalue weighted by Gasteiger charge is -2.30. The molecule has 4 rings (SSSR count). The average Bonchev–Trinajstić information content (AvgIpc) is 2.89. The van der Waals surface area contributed by atoms with Gasteiger partial charge in [-0.05, 0) is 37.1 Å². The fraction of sp³-hybridized carbons (Fsp3) is 0.138. The Hall–Kier alpha value is -3.79. The zero-order valence-electron chi connectivity index (χ0n) is 19.8. The molecule has 2 N–H and O–H groups in total. The van der Waals surface area contributed by atoms with E-state index in [0.29, 0.717) is 43.7 Å². The van der Waals surface area contributed by atoms with Gasteiger partial charge in [-0.3, -0.25) is 9.59 Å². The van der Waals surface area contributed by atoms with Gasteiger partial charge < -0.3 is 10.6 Å². The molecular formula is C29H24ClN3O2S. The van der Waals surface area contributed by atoms with Crippen LogP contribution in [0, 0.1) is 18.3 Å². The number of benzene rings is 3. The molecular weight excluding hydrogens is 490 g/mol. The van der Waals surface area contributed by atoms with Gasteiger partial charge in [0.15, 0.2) is 5.78 Å². The molecule has 1 atom stereocenters. The minimum atomic E-state index is -0.691. The molecule has 0 unspecified atom stereocenters. The van der Waals surface area contributed by atoms with Gasteiger partial charge in [0, 0.05) is 27.5 Å². The number of thioether (sulfide) groups is 1. The van der Waals surface area contributed by atoms with Crippen molar-refractivity contribution in [2.24, 2.45) is 0 Å². The van der Waals surface area contributed by atoms with Crippen LogP contribution in [-0.4, -0.2) is 17.4 Å². The third-order valence-corrected chi connectivity index (χ3v) is 7.31. The summed E-state index contributed by atoms with van der Waals surface area (Å²) in [6.07, 6.45) is 0. The molecule has 0 saturated carbocycles. The van der Waals surface area contributed by atoms with Crippen molar-refractivity contribution < 1.29 is 9.59 Å². The number of rotatable bonds is 7. The predicted octanol–water partition coefficient (Wildman–Crippen LogP) is 6.60. The second-order valence-corrected chi connectivity index (χ2v) is 9.71. The first-order valence-electron chi connectivity index (χ1n) is 11.3. The first-order chi connectivity index (χ1) is 17.4. The van der Waals surface area contributed by atoms with E-state index in [1.54, 1.807) is 31.2 Å². The zero-order chi connectivity index (χ0) is 25.7. The number of carbonyl (C=O) groups is 2. The van der Waals surface area contributed by atoms with E-state index >= 15 is 0 Å². The second-order valence-electron chi connectivity index (χ2n) is 8.32. The number of anilines is 1. The number of nitriles is 1. The molecule has 1 heterocycles. The van der Waals surface area contributed by atoms with E-state index in [9.17, 15) is 14.9 Å². The van der Waals surface area contributed by atoms with Crippen LogP contribution < -0.4 is 10.6 Å². The summed E-state index contributed by atoms with van der Waals surface area (Å²) in [6.45, 7) is 3.71. The first kappa shape index (κ1) is 25.3. The number of halogens is 1. The lowest BCUT2D eigenvalue weighted by atomic mass is 9.82. The van der Waals surface area contributed by atoms with Gasteiger partial charge in [-0.1, -0.05) is 90.1 Å². The molecule has 36 heavy (non-hydrogen) atoms. The Morgan fingerprint density at radius 3 is 2.36 bits per heavy atom. The number of allylic oxidation sites excluding steroid dienone is 2. The molecule has 3 aromatic rings. The van der Waals surface area contributed by atoms with Crippen LogP contribution in [-0.2, 0) is 4.79 Å². The van der Waals surface area contributed by atoms with Crippen LogP contribution in [0.3, 0.4) is 0 Å². The van der Waals surface area contributed by atoms with Crippen LogP contribution >= 0.6 is 23.4 Å². The highest BCUT2D eigenvalue weighted by Crippen LogP contribution is 2.43. The van der Waals surface area contributed by atoms with Crippen molar-refractivity contribution in [2.75, 3.05) is 11.1 Å². The number of carbonyl (C=O) groups excluding carboxylic acids is 2. The highest BCUT2D eigenvalue weighted by molar-refractivity contribution is 8.03. The Balaban J connectivity index is 1.72. The maximum absolute atomic E-state index is 13.6. The van der Waals surface area contributed by atoms with Crippen molar-refractivity contribution in [1.29, 1.82) is 5.26 Å². The third kappa shape index (κ3) is 5.38. The number of nitrogens with zero attached hydrogens (tertiary/aromatic N) is 1. The number of aryl methyl sites for hydroxylation is 1. The molecule has 0 aliphatic carbocycles. The quantitative estimate of drug-likeness (QED) is 0.348. The fourth-order valence-electron chi connectivity index (χ4n) is 4.10. The summed E-state index contributed by atoms with van der Waals surface area (Å²) < 4.78 is 0. The van der Waals surface area contributed by atoms with Crippen molar-refractivity contribution in [3.05, 3.63) is 122 Å². The van der Waals surface area contributed by atoms with E-state index in [-0.39, 0.29) is 17.4 Å². The molecule has 180 valence electrons. The van der Waals surface area contributed by atoms with Crippen molar-refractivity contribution in [3.63, 3.8) is 0 Å². The topological polar surface area (TPSA) is 82.0 Å². The third-order valence-electron chi connectivity index (χ3n) is 5.94. The highest BCUT2D eigenvalue weighted by Gasteiger charge is 2.36. The number of para-hydroxylation sites is 1. The lowest BCUT2D eigenvalue weighted by Crippen LogP contribution is -2.31. The lowest BCUT2D eigenvalue weighted by molar-refractivity contribution is -0.113. The van der Waals surface area contributed by atoms with Gasteiger partial charge in [0.1, 0.15) is 0 Å². The van der Waals surface area contributed by atoms with Crippen LogP contribution in [0.1, 0.15) is 34.3 Å². The van der Waals surface area contributed by atoms with Crippen LogP contribution in [0.4, 0.5) is 5.69 Å². The Kier molecular flexibility index (Phi) is 7.94. The number of nitrogens with one attached hydrogen (secondary N) is 2. The molecule has 1 aliphatic heterocycles. The van der Waals surface area contributed by atoms with E-state index in [4.69, 9.17) is 11.6 Å². The first-order valence-corrected chi connectivity index (χ1v) is 12.7. The van der Waals surface area contributed by atoms with Gasteiger partial charge in [-0.2, -0.15) is 5.26 Å². The van der Waals surface area contributed by atoms with E-state index in [1.165, 1.54) is 11.8 Å². The summed E-state index contributed by atoms with van der Waals surface area (Å²) >= 11 is 7.82. The van der Waals surface area contributed by atoms with E-state index in [1.807, 2.05) is 61.5 Å². The SMILES string of the molecule is CC1=C(C(=O)Nc2ccccc2C)[C@@H](c2ccccc2Cl)C(C#N)=C(SCC(=O)c2ccccc2)N1. The maximum Gasteiger partial charge on any atom is 0.254 e. The van der Waals surface area contributed by atoms with E-state index in [0.717, 1.165) is 5.56 Å². The van der Waals surface area contributed by atoms with E-state index < -0.39 is 5.92 Å². The predicted molar refractivity (Wildman–Crippen MR) is 146 cm³/mol. The molecule has 0 aromatic heterocycles. The fourth-order valence-corrected chi connectivity index (χ4v) is 5.33. The molecule has 0 radical (unpaired) electrons. The van der Waals surface area contributed by atoms with Crippen LogP contribution in [0.5, 0.6) is 0 Å². The van der Waals surface area contributed by atoms with Gasteiger partial charge in [0.25, 0.3) is 5.91 Å². The van der Waals surface area contributed by atoms with E-state index in [2.05, 4.69) is 16.7 Å². The molecule has 5 nitrogen and oxygen atoms in total. The van der Waals surface area contributed by atoms with Gasteiger partial charge >= 0.3 is 0 Å². The molecule has 0 bridgehead atoms. The maximum atomic E-state index is 13.6. The van der Waals surface area contributed by atoms with Gasteiger partial charge in [0.05, 0.1) is 28.3 Å². The Labute approximate surface area is 219 Å². The van der Waals surface area contributed by atoms with Crippen molar-refractivity contribution in [3.8, 4) is 6.07 Å². The summed E-state index contributed by atoms with van der Waals surface area (Å²) in [7, 11) is 0. The van der Waals surface area contributed by atoms with Crippen LogP contribution in [0.15, 0.2) is 101 Å². The number of ketones is 1. The monoisotopic (exact) mass is 513 g/mol. The van der Waals surface area contributed by atoms with Crippen LogP contribution in [0.2, 0.25) is 5.02 Å². The smallest absolute Gasteiger partial charge is 0.254 e. The normalized spacial score (nSPS) is 15.2. The van der Waals surface area contributed by atoms with Crippen LogP contribution in [0.25, 0.3) is 0 Å². The summed E-state index contributed by atoms with van der Waals surface area (Å²) in [5.41, 5.74) is 4.22. The summed E-state index contributed by atoms with van der Waals surface area (Å²) in [6, 6.07) is 26.0. The highest BCUT2D eigenvalue weighted by atomic mass is 35.5. The number of amides is 1. The molecule has 3 aromatic carbocycles. The number of hydrogen-bond donors (Lipinski definition) is 2. The van der Waals surface area contributed by atoms with Crippen molar-refractivity contribution in [1.82, 2.24) is 5.32 Å². The second kappa shape index (κ2) is 11.3. The minimum absolute atomic E-state index is 0.0498. The Bertz CT molecular complexity index is 1420. The van der Waals surface area contributed by atoms with Gasteiger partial charge in [-0.15, -0.1) is 0 Å². The van der Waals surface area contributed by atoms with Gasteiger partial charge in [0.2, 0.25) is 0 Å². The molecule has 1 amide bonds. The molecule has 0 fully saturated rings. The van der Waals surface area contributed by atoms with Crippen molar-refractivity contribution >= 4 is 40.7 Å². The summed E-state index contributed by atoms with van der Waals surface area (Å²) in [5, 5.41) is 17.4.